The Bertz CT molecular complexity index is 155. The zero-order valence-corrected chi connectivity index (χ0v) is 7.00. The highest BCUT2D eigenvalue weighted by atomic mass is 35.5. The molecular weight excluding hydrogens is 189 g/mol. The largest absolute Gasteiger partial charge is 0.336 e. The van der Waals surface area contributed by atoms with Gasteiger partial charge in [0, 0.05) is 7.05 Å². The van der Waals surface area contributed by atoms with Crippen LogP contribution in [-0.2, 0) is 10.3 Å². The van der Waals surface area contributed by atoms with E-state index in [-0.39, 0.29) is 18.4 Å². The van der Waals surface area contributed by atoms with Crippen LogP contribution in [0.25, 0.3) is 0 Å². The first kappa shape index (κ1) is 12.2. The lowest BCUT2D eigenvalue weighted by molar-refractivity contribution is 0.410. The Morgan fingerprint density at radius 1 is 1.67 bits per heavy atom. The van der Waals surface area contributed by atoms with Crippen molar-refractivity contribution in [1.82, 2.24) is 4.31 Å². The topological polar surface area (TPSA) is 57.6 Å². The van der Waals surface area contributed by atoms with Crippen LogP contribution in [-0.4, -0.2) is 30.3 Å². The fourth-order valence-corrected chi connectivity index (χ4v) is 0.555. The molecule has 7 heteroatoms. The molecule has 0 bridgehead atoms. The number of hydrogen-bond donors (Lipinski definition) is 1. The standard InChI is InChI=1S/C2H6ClNO3S.ClH/c1-4(2-3)8(5,6)7;/h2H2,1H3,(H,5,6,7);1H. The van der Waals surface area contributed by atoms with E-state index >= 15 is 0 Å². The monoisotopic (exact) mass is 195 g/mol. The molecule has 9 heavy (non-hydrogen) atoms. The molecule has 0 aromatic carbocycles. The Balaban J connectivity index is 0. The third kappa shape index (κ3) is 4.92. The van der Waals surface area contributed by atoms with E-state index in [1.807, 2.05) is 0 Å². The van der Waals surface area contributed by atoms with Crippen LogP contribution in [0, 0.1) is 0 Å². The molecule has 0 heterocycles. The molecule has 0 spiro atoms. The van der Waals surface area contributed by atoms with Crippen LogP contribution in [0.3, 0.4) is 0 Å². The molecule has 0 aliphatic carbocycles. The van der Waals surface area contributed by atoms with Gasteiger partial charge in [-0.2, -0.15) is 12.7 Å². The summed E-state index contributed by atoms with van der Waals surface area (Å²) in [5.74, 6) is 0. The van der Waals surface area contributed by atoms with E-state index in [9.17, 15) is 8.42 Å². The molecule has 0 atom stereocenters. The first-order chi connectivity index (χ1) is 3.48. The van der Waals surface area contributed by atoms with Crippen LogP contribution in [0.1, 0.15) is 0 Å². The lowest BCUT2D eigenvalue weighted by Crippen LogP contribution is -2.24. The molecule has 0 aliphatic rings. The number of alkyl halides is 1. The quantitative estimate of drug-likeness (QED) is 0.393. The number of rotatable bonds is 2. The maximum Gasteiger partial charge on any atom is 0.336 e. The second kappa shape index (κ2) is 4.29. The van der Waals surface area contributed by atoms with E-state index in [0.29, 0.717) is 4.31 Å². The Kier molecular flexibility index (Phi) is 5.80. The summed E-state index contributed by atoms with van der Waals surface area (Å²) in [6.45, 7) is 0. The van der Waals surface area contributed by atoms with Crippen LogP contribution in [0.4, 0.5) is 0 Å². The minimum Gasteiger partial charge on any atom is -0.273 e. The van der Waals surface area contributed by atoms with E-state index < -0.39 is 10.3 Å². The Morgan fingerprint density at radius 3 is 2.00 bits per heavy atom. The molecule has 0 aromatic heterocycles. The molecule has 0 fully saturated rings. The second-order valence-electron chi connectivity index (χ2n) is 1.20. The predicted octanol–water partition coefficient (Wildman–Crippen LogP) is 0.339. The second-order valence-corrected chi connectivity index (χ2v) is 2.95. The average Bonchev–Trinajstić information content (AvgIpc) is 1.62. The highest BCUT2D eigenvalue weighted by Crippen LogP contribution is 1.92. The van der Waals surface area contributed by atoms with E-state index in [1.165, 1.54) is 7.05 Å². The van der Waals surface area contributed by atoms with Crippen molar-refractivity contribution in [3.8, 4) is 0 Å². The van der Waals surface area contributed by atoms with Crippen molar-refractivity contribution in [1.29, 1.82) is 0 Å². The molecule has 0 rings (SSSR count). The van der Waals surface area contributed by atoms with Crippen molar-refractivity contribution in [2.24, 2.45) is 0 Å². The van der Waals surface area contributed by atoms with Crippen LogP contribution in [0.2, 0.25) is 0 Å². The van der Waals surface area contributed by atoms with Gasteiger partial charge in [-0.3, -0.25) is 4.55 Å². The fourth-order valence-electron chi connectivity index (χ4n) is 0.0617. The van der Waals surface area contributed by atoms with E-state index in [1.54, 1.807) is 0 Å². The molecule has 0 aromatic rings. The van der Waals surface area contributed by atoms with Crippen molar-refractivity contribution in [2.45, 2.75) is 0 Å². The number of hydrogen-bond acceptors (Lipinski definition) is 2. The summed E-state index contributed by atoms with van der Waals surface area (Å²) in [6, 6.07) is -0.237. The van der Waals surface area contributed by atoms with Gasteiger partial charge in [-0.25, -0.2) is 0 Å². The van der Waals surface area contributed by atoms with Gasteiger partial charge in [0.2, 0.25) is 0 Å². The summed E-state index contributed by atoms with van der Waals surface area (Å²) in [7, 11) is -2.88. The zero-order chi connectivity index (χ0) is 6.78. The highest BCUT2D eigenvalue weighted by molar-refractivity contribution is 7.83. The van der Waals surface area contributed by atoms with Crippen LogP contribution < -0.4 is 0 Å². The maximum absolute atomic E-state index is 9.96. The molecule has 4 nitrogen and oxygen atoms in total. The van der Waals surface area contributed by atoms with Gasteiger partial charge in [0.15, 0.2) is 0 Å². The first-order valence-electron chi connectivity index (χ1n) is 1.73. The lowest BCUT2D eigenvalue weighted by atomic mass is 11.3. The Labute approximate surface area is 65.1 Å². The van der Waals surface area contributed by atoms with Crippen molar-refractivity contribution < 1.29 is 13.0 Å². The Morgan fingerprint density at radius 2 is 2.00 bits per heavy atom. The molecule has 0 aliphatic heterocycles. The van der Waals surface area contributed by atoms with Crippen molar-refractivity contribution in [3.05, 3.63) is 0 Å². The minimum atomic E-state index is -4.05. The van der Waals surface area contributed by atoms with Gasteiger partial charge in [-0.1, -0.05) is 0 Å². The smallest absolute Gasteiger partial charge is 0.273 e. The zero-order valence-electron chi connectivity index (χ0n) is 4.61. The van der Waals surface area contributed by atoms with Gasteiger partial charge in [0.25, 0.3) is 0 Å². The molecule has 0 radical (unpaired) electrons. The average molecular weight is 196 g/mol. The minimum absolute atomic E-state index is 0. The van der Waals surface area contributed by atoms with E-state index in [2.05, 4.69) is 0 Å². The predicted molar refractivity (Wildman–Crippen MR) is 37.3 cm³/mol. The van der Waals surface area contributed by atoms with Gasteiger partial charge < -0.3 is 0 Å². The van der Waals surface area contributed by atoms with Gasteiger partial charge in [0.05, 0.1) is 6.00 Å². The van der Waals surface area contributed by atoms with Gasteiger partial charge in [-0.05, 0) is 0 Å². The SMILES string of the molecule is CN(CCl)S(=O)(=O)O.Cl. The summed E-state index contributed by atoms with van der Waals surface area (Å²) in [5.41, 5.74) is 0. The van der Waals surface area contributed by atoms with Gasteiger partial charge >= 0.3 is 10.3 Å². The summed E-state index contributed by atoms with van der Waals surface area (Å²) in [6.07, 6.45) is 0. The van der Waals surface area contributed by atoms with Gasteiger partial charge in [-0.15, -0.1) is 24.0 Å². The van der Waals surface area contributed by atoms with E-state index in [0.717, 1.165) is 0 Å². The lowest BCUT2D eigenvalue weighted by Gasteiger charge is -2.05. The third-order valence-corrected chi connectivity index (χ3v) is 1.98. The van der Waals surface area contributed by atoms with Crippen LogP contribution in [0.15, 0.2) is 0 Å². The van der Waals surface area contributed by atoms with Crippen molar-refractivity contribution >= 4 is 34.3 Å². The highest BCUT2D eigenvalue weighted by Gasteiger charge is 2.09. The normalized spacial score (nSPS) is 11.1. The third-order valence-electron chi connectivity index (χ3n) is 0.562. The number of nitrogens with zero attached hydrogens (tertiary/aromatic N) is 1. The maximum atomic E-state index is 9.96. The molecule has 58 valence electrons. The molecule has 0 amide bonds. The van der Waals surface area contributed by atoms with Crippen molar-refractivity contribution in [3.63, 3.8) is 0 Å². The first-order valence-corrected chi connectivity index (χ1v) is 3.66. The number of halogens is 2. The van der Waals surface area contributed by atoms with Gasteiger partial charge in [0.1, 0.15) is 0 Å². The summed E-state index contributed by atoms with van der Waals surface area (Å²) in [4.78, 5) is 0. The molecule has 0 saturated heterocycles. The fraction of sp³-hybridized carbons (Fsp3) is 1.00. The summed E-state index contributed by atoms with van der Waals surface area (Å²) >= 11 is 5.02. The van der Waals surface area contributed by atoms with Crippen LogP contribution >= 0.6 is 24.0 Å². The molecule has 0 saturated carbocycles. The Hall–Kier alpha value is 0.450. The summed E-state index contributed by atoms with van der Waals surface area (Å²) < 4.78 is 28.6. The van der Waals surface area contributed by atoms with E-state index in [4.69, 9.17) is 16.2 Å². The van der Waals surface area contributed by atoms with Crippen LogP contribution in [0.5, 0.6) is 0 Å². The molecule has 0 unspecified atom stereocenters. The summed E-state index contributed by atoms with van der Waals surface area (Å²) in [5, 5.41) is 0. The molecule has 1 N–H and O–H groups in total. The molecular formula is C2H7Cl2NO3S. The van der Waals surface area contributed by atoms with Crippen molar-refractivity contribution in [2.75, 3.05) is 13.1 Å².